The SMILES string of the molecule is CCCNC(=O)CC1CC2(CO2)C(OC(C)=O)C(C=CC(C)=CC[C@@H]2O[C@H](C)[C@H](NC(=O)C=C[C@H](C)O)C[C@@H]2C)O1. The lowest BCUT2D eigenvalue weighted by Gasteiger charge is -2.39. The highest BCUT2D eigenvalue weighted by molar-refractivity contribution is 5.87. The molecule has 230 valence electrons. The molecule has 3 N–H and O–H groups in total. The molecule has 3 saturated heterocycles. The monoisotopic (exact) mass is 576 g/mol. The number of hydrogen-bond acceptors (Lipinski definition) is 8. The highest BCUT2D eigenvalue weighted by Gasteiger charge is 2.60. The summed E-state index contributed by atoms with van der Waals surface area (Å²) in [5, 5.41) is 15.2. The number of rotatable bonds is 12. The van der Waals surface area contributed by atoms with Crippen LogP contribution in [0.25, 0.3) is 0 Å². The Bertz CT molecular complexity index is 1000. The minimum Gasteiger partial charge on any atom is -0.456 e. The molecule has 3 rings (SSSR count). The Morgan fingerprint density at radius 3 is 2.54 bits per heavy atom. The van der Waals surface area contributed by atoms with Gasteiger partial charge in [-0.2, -0.15) is 0 Å². The standard InChI is InChI=1S/C31H48N2O8/c1-7-14-32-29(37)16-24-17-31(18-38-31)30(40-23(6)35)27(41-24)12-9-19(2)8-11-26-20(3)15-25(22(5)39-26)33-28(36)13-10-21(4)34/h8-10,12-13,20-22,24-27,30,34H,7,11,14-18H2,1-6H3,(H,32,37)(H,33,36)/t20-,21-,22+,24?,25+,26-,27?,30?,31?/m0/s1. The zero-order chi connectivity index (χ0) is 30.2. The van der Waals surface area contributed by atoms with E-state index in [1.807, 2.05) is 32.9 Å². The average molecular weight is 577 g/mol. The molecule has 0 bridgehead atoms. The predicted molar refractivity (Wildman–Crippen MR) is 154 cm³/mol. The maximum absolute atomic E-state index is 12.4. The van der Waals surface area contributed by atoms with Crippen LogP contribution in [0.1, 0.15) is 73.6 Å². The third kappa shape index (κ3) is 10.1. The van der Waals surface area contributed by atoms with Gasteiger partial charge in [-0.1, -0.05) is 43.7 Å². The fourth-order valence-electron chi connectivity index (χ4n) is 5.47. The second-order valence-corrected chi connectivity index (χ2v) is 11.7. The van der Waals surface area contributed by atoms with Crippen molar-refractivity contribution in [2.24, 2.45) is 5.92 Å². The molecule has 3 heterocycles. The quantitative estimate of drug-likeness (QED) is 0.140. The Labute approximate surface area is 243 Å². The Morgan fingerprint density at radius 1 is 1.17 bits per heavy atom. The van der Waals surface area contributed by atoms with E-state index in [1.54, 1.807) is 6.92 Å². The fourth-order valence-corrected chi connectivity index (χ4v) is 5.47. The predicted octanol–water partition coefficient (Wildman–Crippen LogP) is 2.89. The first-order valence-corrected chi connectivity index (χ1v) is 14.8. The van der Waals surface area contributed by atoms with E-state index in [1.165, 1.54) is 19.1 Å². The maximum atomic E-state index is 12.4. The van der Waals surface area contributed by atoms with Gasteiger partial charge >= 0.3 is 5.97 Å². The van der Waals surface area contributed by atoms with E-state index in [0.717, 1.165) is 18.4 Å². The van der Waals surface area contributed by atoms with Gasteiger partial charge in [0.25, 0.3) is 0 Å². The molecule has 1 spiro atoms. The Morgan fingerprint density at radius 2 is 1.90 bits per heavy atom. The Hall–Kier alpha value is -2.53. The van der Waals surface area contributed by atoms with Gasteiger partial charge in [-0.25, -0.2) is 0 Å². The van der Waals surface area contributed by atoms with Crippen molar-refractivity contribution in [3.63, 3.8) is 0 Å². The summed E-state index contributed by atoms with van der Waals surface area (Å²) >= 11 is 0. The number of ether oxygens (including phenoxy) is 4. The molecule has 0 saturated carbocycles. The Kier molecular flexibility index (Phi) is 12.1. The van der Waals surface area contributed by atoms with Crippen molar-refractivity contribution in [3.8, 4) is 0 Å². The smallest absolute Gasteiger partial charge is 0.303 e. The molecule has 0 aromatic rings. The summed E-state index contributed by atoms with van der Waals surface area (Å²) in [5.74, 6) is -0.473. The molecule has 9 atom stereocenters. The summed E-state index contributed by atoms with van der Waals surface area (Å²) < 4.78 is 24.0. The normalized spacial score (nSPS) is 34.5. The Balaban J connectivity index is 1.60. The van der Waals surface area contributed by atoms with E-state index in [4.69, 9.17) is 18.9 Å². The molecule has 4 unspecified atom stereocenters. The number of allylic oxidation sites excluding steroid dienone is 2. The second-order valence-electron chi connectivity index (χ2n) is 11.7. The van der Waals surface area contributed by atoms with Crippen LogP contribution < -0.4 is 10.6 Å². The van der Waals surface area contributed by atoms with Crippen LogP contribution in [0.4, 0.5) is 0 Å². The molecule has 10 nitrogen and oxygen atoms in total. The number of carbonyl (C=O) groups excluding carboxylic acids is 3. The summed E-state index contributed by atoms with van der Waals surface area (Å²) in [6.07, 6.45) is 9.55. The summed E-state index contributed by atoms with van der Waals surface area (Å²) in [6.45, 7) is 12.1. The van der Waals surface area contributed by atoms with Gasteiger partial charge in [0, 0.05) is 26.0 Å². The van der Waals surface area contributed by atoms with Crippen LogP contribution in [0.2, 0.25) is 0 Å². The summed E-state index contributed by atoms with van der Waals surface area (Å²) in [4.78, 5) is 36.4. The fraction of sp³-hybridized carbons (Fsp3) is 0.710. The van der Waals surface area contributed by atoms with Crippen LogP contribution in [0, 0.1) is 5.92 Å². The molecule has 3 aliphatic heterocycles. The number of epoxide rings is 1. The first kappa shape index (κ1) is 33.0. The number of aliphatic hydroxyl groups is 1. The third-order valence-electron chi connectivity index (χ3n) is 7.82. The van der Waals surface area contributed by atoms with Gasteiger partial charge in [0.2, 0.25) is 11.8 Å². The van der Waals surface area contributed by atoms with E-state index in [-0.39, 0.29) is 48.5 Å². The van der Waals surface area contributed by atoms with Crippen LogP contribution in [0.5, 0.6) is 0 Å². The molecule has 0 aliphatic carbocycles. The van der Waals surface area contributed by atoms with E-state index in [9.17, 15) is 19.5 Å². The first-order valence-electron chi connectivity index (χ1n) is 14.8. The number of carbonyl (C=O) groups is 3. The molecule has 41 heavy (non-hydrogen) atoms. The largest absolute Gasteiger partial charge is 0.456 e. The molecule has 2 amide bonds. The molecule has 0 aromatic carbocycles. The number of esters is 1. The first-order chi connectivity index (χ1) is 19.4. The van der Waals surface area contributed by atoms with Gasteiger partial charge in [-0.15, -0.1) is 0 Å². The lowest BCUT2D eigenvalue weighted by molar-refractivity contribution is -0.179. The number of aliphatic hydroxyl groups excluding tert-OH is 1. The van der Waals surface area contributed by atoms with Crippen LogP contribution >= 0.6 is 0 Å². The number of nitrogens with one attached hydrogen (secondary N) is 2. The summed E-state index contributed by atoms with van der Waals surface area (Å²) in [5.41, 5.74) is 0.386. The molecular formula is C31H48N2O8. The van der Waals surface area contributed by atoms with Gasteiger partial charge in [0.1, 0.15) is 11.7 Å². The van der Waals surface area contributed by atoms with Gasteiger partial charge in [0.05, 0.1) is 43.5 Å². The van der Waals surface area contributed by atoms with Crippen LogP contribution in [0.3, 0.4) is 0 Å². The zero-order valence-electron chi connectivity index (χ0n) is 25.3. The molecule has 3 aliphatic rings. The second kappa shape index (κ2) is 15.1. The van der Waals surface area contributed by atoms with Crippen LogP contribution in [0.15, 0.2) is 36.0 Å². The number of hydrogen-bond donors (Lipinski definition) is 3. The van der Waals surface area contributed by atoms with Crippen molar-refractivity contribution in [3.05, 3.63) is 36.0 Å². The van der Waals surface area contributed by atoms with E-state index >= 15 is 0 Å². The lowest BCUT2D eigenvalue weighted by atomic mass is 9.87. The van der Waals surface area contributed by atoms with E-state index in [0.29, 0.717) is 26.0 Å². The third-order valence-corrected chi connectivity index (χ3v) is 7.82. The van der Waals surface area contributed by atoms with E-state index < -0.39 is 29.9 Å². The topological polar surface area (TPSA) is 136 Å². The van der Waals surface area contributed by atoms with Crippen LogP contribution in [-0.2, 0) is 33.3 Å². The molecular weight excluding hydrogens is 528 g/mol. The molecule has 0 radical (unpaired) electrons. The minimum atomic E-state index is -0.674. The summed E-state index contributed by atoms with van der Waals surface area (Å²) in [6, 6.07) is -0.104. The van der Waals surface area contributed by atoms with Crippen molar-refractivity contribution in [1.29, 1.82) is 0 Å². The number of amides is 2. The minimum absolute atomic E-state index is 0.00313. The van der Waals surface area contributed by atoms with Crippen molar-refractivity contribution in [2.45, 2.75) is 122 Å². The molecule has 0 aromatic heterocycles. The maximum Gasteiger partial charge on any atom is 0.303 e. The highest BCUT2D eigenvalue weighted by atomic mass is 16.7. The van der Waals surface area contributed by atoms with Crippen LogP contribution in [-0.4, -0.2) is 84.3 Å². The van der Waals surface area contributed by atoms with Crippen molar-refractivity contribution >= 4 is 17.8 Å². The van der Waals surface area contributed by atoms with Gasteiger partial charge < -0.3 is 34.7 Å². The molecule has 10 heteroatoms. The van der Waals surface area contributed by atoms with Gasteiger partial charge in [-0.05, 0) is 46.0 Å². The van der Waals surface area contributed by atoms with E-state index in [2.05, 4.69) is 23.6 Å². The zero-order valence-corrected chi connectivity index (χ0v) is 25.3. The lowest BCUT2D eigenvalue weighted by Crippen LogP contribution is -2.52. The van der Waals surface area contributed by atoms with Crippen molar-refractivity contribution < 1.29 is 38.4 Å². The average Bonchev–Trinajstić information content (AvgIpc) is 3.67. The highest BCUT2D eigenvalue weighted by Crippen LogP contribution is 2.45. The van der Waals surface area contributed by atoms with Crippen molar-refractivity contribution in [1.82, 2.24) is 10.6 Å². The van der Waals surface area contributed by atoms with Crippen molar-refractivity contribution in [2.75, 3.05) is 13.2 Å². The van der Waals surface area contributed by atoms with Gasteiger partial charge in [-0.3, -0.25) is 14.4 Å². The molecule has 3 fully saturated rings. The summed E-state index contributed by atoms with van der Waals surface area (Å²) in [7, 11) is 0. The van der Waals surface area contributed by atoms with Gasteiger partial charge in [0.15, 0.2) is 6.10 Å².